The molecule has 2 aromatic carbocycles. The highest BCUT2D eigenvalue weighted by atomic mass is 16.1. The van der Waals surface area contributed by atoms with E-state index < -0.39 is 0 Å². The fourth-order valence-corrected chi connectivity index (χ4v) is 2.23. The Balaban J connectivity index is 1.71. The Bertz CT molecular complexity index is 802. The minimum atomic E-state index is -0.299. The van der Waals surface area contributed by atoms with E-state index in [1.807, 2.05) is 54.6 Å². The molecule has 3 N–H and O–H groups in total. The topological polar surface area (TPSA) is 80.9 Å². The van der Waals surface area contributed by atoms with Crippen molar-refractivity contribution >= 4 is 22.8 Å². The first kappa shape index (κ1) is 14.0. The lowest BCUT2D eigenvalue weighted by Crippen LogP contribution is -2.27. The Hall–Kier alpha value is -2.95. The molecule has 22 heavy (non-hydrogen) atoms. The Labute approximate surface area is 128 Å². The Morgan fingerprint density at radius 1 is 0.955 bits per heavy atom. The number of hydrogen-bond donors (Lipinski definition) is 2. The third-order valence-corrected chi connectivity index (χ3v) is 3.35. The fraction of sp³-hybridized carbons (Fsp3) is 0.118. The van der Waals surface area contributed by atoms with Gasteiger partial charge in [-0.15, -0.1) is 0 Å². The highest BCUT2D eigenvalue weighted by molar-refractivity contribution is 5.98. The van der Waals surface area contributed by atoms with Gasteiger partial charge in [-0.1, -0.05) is 42.5 Å². The van der Waals surface area contributed by atoms with Crippen LogP contribution in [0.25, 0.3) is 11.0 Å². The number of nitrogens with one attached hydrogen (secondary N) is 1. The van der Waals surface area contributed by atoms with Crippen molar-refractivity contribution in [2.24, 2.45) is 0 Å². The van der Waals surface area contributed by atoms with E-state index in [1.54, 1.807) is 0 Å². The van der Waals surface area contributed by atoms with Gasteiger partial charge in [0.05, 0.1) is 11.0 Å². The predicted molar refractivity (Wildman–Crippen MR) is 86.4 cm³/mol. The summed E-state index contributed by atoms with van der Waals surface area (Å²) < 4.78 is 0. The van der Waals surface area contributed by atoms with Gasteiger partial charge in [0.25, 0.3) is 5.91 Å². The minimum Gasteiger partial charge on any atom is -0.382 e. The molecular formula is C17H16N4O. The largest absolute Gasteiger partial charge is 0.382 e. The molecule has 1 amide bonds. The molecule has 0 aliphatic heterocycles. The summed E-state index contributed by atoms with van der Waals surface area (Å²) in [6.07, 6.45) is 0.757. The van der Waals surface area contributed by atoms with Gasteiger partial charge in [0, 0.05) is 6.54 Å². The van der Waals surface area contributed by atoms with Crippen LogP contribution in [0.5, 0.6) is 0 Å². The van der Waals surface area contributed by atoms with Crippen molar-refractivity contribution in [3.05, 3.63) is 65.9 Å². The first-order valence-electron chi connectivity index (χ1n) is 7.08. The number of para-hydroxylation sites is 2. The molecule has 0 spiro atoms. The first-order chi connectivity index (χ1) is 10.7. The van der Waals surface area contributed by atoms with E-state index in [0.29, 0.717) is 17.6 Å². The first-order valence-corrected chi connectivity index (χ1v) is 7.08. The molecule has 5 heteroatoms. The van der Waals surface area contributed by atoms with Crippen molar-refractivity contribution in [1.29, 1.82) is 0 Å². The van der Waals surface area contributed by atoms with Crippen molar-refractivity contribution in [2.45, 2.75) is 6.42 Å². The smallest absolute Gasteiger partial charge is 0.273 e. The number of hydrogen-bond acceptors (Lipinski definition) is 4. The molecule has 0 aliphatic carbocycles. The van der Waals surface area contributed by atoms with Gasteiger partial charge in [-0.2, -0.15) is 0 Å². The molecule has 0 atom stereocenters. The monoisotopic (exact) mass is 292 g/mol. The van der Waals surface area contributed by atoms with Crippen molar-refractivity contribution in [3.8, 4) is 0 Å². The van der Waals surface area contributed by atoms with Crippen LogP contribution in [0.15, 0.2) is 54.6 Å². The van der Waals surface area contributed by atoms with E-state index in [9.17, 15) is 4.79 Å². The van der Waals surface area contributed by atoms with Crippen LogP contribution in [-0.2, 0) is 6.42 Å². The molecule has 0 bridgehead atoms. The van der Waals surface area contributed by atoms with Gasteiger partial charge in [0.1, 0.15) is 0 Å². The zero-order valence-corrected chi connectivity index (χ0v) is 12.0. The average molecular weight is 292 g/mol. The number of amides is 1. The van der Waals surface area contributed by atoms with Crippen LogP contribution < -0.4 is 11.1 Å². The van der Waals surface area contributed by atoms with Crippen LogP contribution in [0.2, 0.25) is 0 Å². The number of fused-ring (bicyclic) bond motifs is 1. The summed E-state index contributed by atoms with van der Waals surface area (Å²) in [6.45, 7) is 0.525. The van der Waals surface area contributed by atoms with Gasteiger partial charge in [-0.3, -0.25) is 4.79 Å². The number of benzene rings is 2. The van der Waals surface area contributed by atoms with Crippen molar-refractivity contribution in [1.82, 2.24) is 15.3 Å². The zero-order valence-electron chi connectivity index (χ0n) is 12.0. The van der Waals surface area contributed by atoms with Gasteiger partial charge in [0.2, 0.25) is 0 Å². The molecule has 1 aromatic heterocycles. The van der Waals surface area contributed by atoms with Gasteiger partial charge < -0.3 is 11.1 Å². The standard InChI is InChI=1S/C17H16N4O/c18-16-15(20-13-8-4-5-9-14(13)21-16)17(22)19-11-10-12-6-2-1-3-7-12/h1-9H,10-11H2,(H2,18,21)(H,19,22). The lowest BCUT2D eigenvalue weighted by Gasteiger charge is -2.07. The second-order valence-corrected chi connectivity index (χ2v) is 4.94. The minimum absolute atomic E-state index is 0.149. The summed E-state index contributed by atoms with van der Waals surface area (Å²) in [6, 6.07) is 17.3. The number of carbonyl (C=O) groups is 1. The van der Waals surface area contributed by atoms with Gasteiger partial charge in [-0.25, -0.2) is 9.97 Å². The Morgan fingerprint density at radius 2 is 1.59 bits per heavy atom. The number of aromatic nitrogens is 2. The molecule has 0 radical (unpaired) electrons. The van der Waals surface area contributed by atoms with Crippen molar-refractivity contribution in [3.63, 3.8) is 0 Å². The maximum atomic E-state index is 12.2. The number of carbonyl (C=O) groups excluding carboxylic acids is 1. The van der Waals surface area contributed by atoms with Gasteiger partial charge >= 0.3 is 0 Å². The average Bonchev–Trinajstić information content (AvgIpc) is 2.55. The van der Waals surface area contributed by atoms with Crippen molar-refractivity contribution < 1.29 is 4.79 Å². The van der Waals surface area contributed by atoms with Crippen LogP contribution in [0.4, 0.5) is 5.82 Å². The van der Waals surface area contributed by atoms with Gasteiger partial charge in [0.15, 0.2) is 11.5 Å². The summed E-state index contributed by atoms with van der Waals surface area (Å²) in [5, 5.41) is 2.83. The molecule has 0 saturated heterocycles. The van der Waals surface area contributed by atoms with Crippen molar-refractivity contribution in [2.75, 3.05) is 12.3 Å². The molecule has 3 rings (SSSR count). The SMILES string of the molecule is Nc1nc2ccccc2nc1C(=O)NCCc1ccccc1. The summed E-state index contributed by atoms with van der Waals surface area (Å²) in [5.41, 5.74) is 8.51. The Morgan fingerprint density at radius 3 is 2.32 bits per heavy atom. The molecule has 0 fully saturated rings. The third kappa shape index (κ3) is 3.03. The third-order valence-electron chi connectivity index (χ3n) is 3.35. The molecule has 3 aromatic rings. The highest BCUT2D eigenvalue weighted by Gasteiger charge is 2.13. The summed E-state index contributed by atoms with van der Waals surface area (Å²) in [7, 11) is 0. The molecule has 0 unspecified atom stereocenters. The maximum Gasteiger partial charge on any atom is 0.273 e. The van der Waals surface area contributed by atoms with Crippen LogP contribution in [0.1, 0.15) is 16.1 Å². The van der Waals surface area contributed by atoms with Crippen LogP contribution in [0, 0.1) is 0 Å². The second kappa shape index (κ2) is 6.22. The number of nitrogens with zero attached hydrogens (tertiary/aromatic N) is 2. The van der Waals surface area contributed by atoms with E-state index in [1.165, 1.54) is 5.56 Å². The highest BCUT2D eigenvalue weighted by Crippen LogP contribution is 2.14. The second-order valence-electron chi connectivity index (χ2n) is 4.94. The Kier molecular flexibility index (Phi) is 3.96. The normalized spacial score (nSPS) is 10.5. The van der Waals surface area contributed by atoms with Crippen LogP contribution >= 0.6 is 0 Å². The van der Waals surface area contributed by atoms with E-state index in [2.05, 4.69) is 15.3 Å². The predicted octanol–water partition coefficient (Wildman–Crippen LogP) is 2.18. The fourth-order valence-electron chi connectivity index (χ4n) is 2.23. The molecule has 110 valence electrons. The quantitative estimate of drug-likeness (QED) is 0.772. The lowest BCUT2D eigenvalue weighted by molar-refractivity contribution is 0.0950. The molecule has 0 saturated carbocycles. The van der Waals surface area contributed by atoms with E-state index in [0.717, 1.165) is 6.42 Å². The van der Waals surface area contributed by atoms with Crippen LogP contribution in [0.3, 0.4) is 0 Å². The number of anilines is 1. The number of nitrogen functional groups attached to an aromatic ring is 1. The van der Waals surface area contributed by atoms with Gasteiger partial charge in [-0.05, 0) is 24.1 Å². The zero-order chi connectivity index (χ0) is 15.4. The molecule has 1 heterocycles. The number of rotatable bonds is 4. The summed E-state index contributed by atoms with van der Waals surface area (Å²) in [4.78, 5) is 20.7. The maximum absolute atomic E-state index is 12.2. The van der Waals surface area contributed by atoms with Crippen LogP contribution in [-0.4, -0.2) is 22.4 Å². The van der Waals surface area contributed by atoms with E-state index in [4.69, 9.17) is 5.73 Å². The molecule has 5 nitrogen and oxygen atoms in total. The molecular weight excluding hydrogens is 276 g/mol. The number of nitrogens with two attached hydrogens (primary N) is 1. The lowest BCUT2D eigenvalue weighted by atomic mass is 10.1. The summed E-state index contributed by atoms with van der Waals surface area (Å²) >= 11 is 0. The van der Waals surface area contributed by atoms with E-state index >= 15 is 0 Å². The van der Waals surface area contributed by atoms with E-state index in [-0.39, 0.29) is 17.4 Å². The molecule has 0 aliphatic rings. The summed E-state index contributed by atoms with van der Waals surface area (Å²) in [5.74, 6) is -0.150.